The Hall–Kier alpha value is -2.84. The molecule has 1 fully saturated rings. The summed E-state index contributed by atoms with van der Waals surface area (Å²) in [6, 6.07) is 9.72. The van der Waals surface area contributed by atoms with E-state index < -0.39 is 0 Å². The number of amides is 2. The van der Waals surface area contributed by atoms with Crippen molar-refractivity contribution in [1.29, 1.82) is 0 Å². The second-order valence-corrected chi connectivity index (χ2v) is 8.84. The molecule has 2 aromatic heterocycles. The lowest BCUT2D eigenvalue weighted by atomic mass is 10.1. The van der Waals surface area contributed by atoms with Gasteiger partial charge in [0.05, 0.1) is 23.2 Å². The van der Waals surface area contributed by atoms with Crippen LogP contribution in [0.15, 0.2) is 52.1 Å². The molecule has 1 N–H and O–H groups in total. The predicted octanol–water partition coefficient (Wildman–Crippen LogP) is 4.33. The molecule has 31 heavy (non-hydrogen) atoms. The molecule has 1 aliphatic heterocycles. The molecule has 0 bridgehead atoms. The number of para-hydroxylation sites is 1. The molecule has 0 atom stereocenters. The van der Waals surface area contributed by atoms with Crippen molar-refractivity contribution in [2.75, 3.05) is 6.54 Å². The van der Waals surface area contributed by atoms with Gasteiger partial charge in [-0.05, 0) is 37.1 Å². The monoisotopic (exact) mass is 453 g/mol. The van der Waals surface area contributed by atoms with Crippen molar-refractivity contribution >= 4 is 57.1 Å². The molecule has 160 valence electrons. The van der Waals surface area contributed by atoms with Gasteiger partial charge in [-0.25, -0.2) is 0 Å². The van der Waals surface area contributed by atoms with E-state index in [0.29, 0.717) is 28.1 Å². The van der Waals surface area contributed by atoms with Crippen molar-refractivity contribution in [2.45, 2.75) is 33.4 Å². The average Bonchev–Trinajstić information content (AvgIpc) is 3.46. The number of benzene rings is 1. The zero-order valence-electron chi connectivity index (χ0n) is 17.4. The van der Waals surface area contributed by atoms with Gasteiger partial charge < -0.3 is 14.3 Å². The van der Waals surface area contributed by atoms with Crippen LogP contribution < -0.4 is 5.32 Å². The maximum absolute atomic E-state index is 12.7. The van der Waals surface area contributed by atoms with E-state index in [2.05, 4.69) is 18.3 Å². The Balaban J connectivity index is 1.66. The predicted molar refractivity (Wildman–Crippen MR) is 127 cm³/mol. The van der Waals surface area contributed by atoms with Gasteiger partial charge in [-0.1, -0.05) is 49.1 Å². The van der Waals surface area contributed by atoms with Crippen LogP contribution in [0.1, 0.15) is 30.7 Å². The van der Waals surface area contributed by atoms with E-state index in [-0.39, 0.29) is 18.4 Å². The highest BCUT2D eigenvalue weighted by molar-refractivity contribution is 8.26. The molecule has 0 unspecified atom stereocenters. The van der Waals surface area contributed by atoms with Gasteiger partial charge in [0, 0.05) is 23.7 Å². The quantitative estimate of drug-likeness (QED) is 0.426. The molecule has 1 aliphatic rings. The Kier molecular flexibility index (Phi) is 6.29. The lowest BCUT2D eigenvalue weighted by molar-refractivity contribution is -0.122. The summed E-state index contributed by atoms with van der Waals surface area (Å²) < 4.78 is 7.81. The summed E-state index contributed by atoms with van der Waals surface area (Å²) in [6.45, 7) is 5.08. The van der Waals surface area contributed by atoms with Crippen molar-refractivity contribution in [1.82, 2.24) is 14.8 Å². The lowest BCUT2D eigenvalue weighted by Crippen LogP contribution is -2.27. The van der Waals surface area contributed by atoms with Crippen LogP contribution in [0.3, 0.4) is 0 Å². The van der Waals surface area contributed by atoms with Gasteiger partial charge in [0.2, 0.25) is 5.91 Å². The van der Waals surface area contributed by atoms with E-state index in [1.807, 2.05) is 42.0 Å². The molecule has 0 spiro atoms. The van der Waals surface area contributed by atoms with E-state index in [1.54, 1.807) is 17.2 Å². The van der Waals surface area contributed by atoms with Gasteiger partial charge in [0.25, 0.3) is 5.91 Å². The second kappa shape index (κ2) is 9.11. The number of thiocarbonyl (C=S) groups is 1. The Bertz CT molecular complexity index is 1180. The van der Waals surface area contributed by atoms with E-state index in [1.165, 1.54) is 11.8 Å². The molecule has 0 saturated carbocycles. The van der Waals surface area contributed by atoms with Crippen LogP contribution in [0.2, 0.25) is 0 Å². The third-order valence-corrected chi connectivity index (χ3v) is 6.60. The number of aryl methyl sites for hydroxylation is 1. The number of hydrogen-bond donors (Lipinski definition) is 1. The molecule has 1 saturated heterocycles. The van der Waals surface area contributed by atoms with Crippen LogP contribution in [-0.2, 0) is 29.1 Å². The summed E-state index contributed by atoms with van der Waals surface area (Å²) >= 11 is 6.65. The average molecular weight is 454 g/mol. The topological polar surface area (TPSA) is 67.5 Å². The van der Waals surface area contributed by atoms with Crippen LogP contribution in [0.5, 0.6) is 0 Å². The molecule has 0 radical (unpaired) electrons. The van der Waals surface area contributed by atoms with Gasteiger partial charge in [-0.15, -0.1) is 0 Å². The molecule has 8 heteroatoms. The first-order chi connectivity index (χ1) is 15.0. The second-order valence-electron chi connectivity index (χ2n) is 7.16. The number of thioether (sulfide) groups is 1. The molecule has 0 aliphatic carbocycles. The number of nitrogens with one attached hydrogen (secondary N) is 1. The first-order valence-electron chi connectivity index (χ1n) is 10.2. The number of aromatic nitrogens is 1. The van der Waals surface area contributed by atoms with Crippen molar-refractivity contribution in [3.63, 3.8) is 0 Å². The summed E-state index contributed by atoms with van der Waals surface area (Å²) in [5, 5.41) is 3.91. The van der Waals surface area contributed by atoms with Crippen LogP contribution in [-0.4, -0.2) is 32.1 Å². The molecular formula is C23H23N3O3S2. The maximum Gasteiger partial charge on any atom is 0.266 e. The highest BCUT2D eigenvalue weighted by Crippen LogP contribution is 2.34. The zero-order chi connectivity index (χ0) is 22.0. The van der Waals surface area contributed by atoms with Gasteiger partial charge in [-0.3, -0.25) is 14.5 Å². The number of nitrogens with zero attached hydrogens (tertiary/aromatic N) is 2. The number of carbonyl (C=O) groups excluding carboxylic acids is 2. The standard InChI is InChI=1S/C23H23N3O3S2/c1-3-15-7-5-9-18-16(11-19-22(28)26(4-2)23(30)31-19)13-25(21(15)18)14-20(27)24-12-17-8-6-10-29-17/h5-11,13H,3-4,12,14H2,1-2H3,(H,24,27)/b19-11-. The summed E-state index contributed by atoms with van der Waals surface area (Å²) in [6.07, 6.45) is 6.25. The van der Waals surface area contributed by atoms with Gasteiger partial charge >= 0.3 is 0 Å². The number of likely N-dealkylation sites (N-methyl/N-ethyl adjacent to an activating group) is 1. The normalized spacial score (nSPS) is 15.4. The molecule has 1 aromatic carbocycles. The Morgan fingerprint density at radius 3 is 2.77 bits per heavy atom. The summed E-state index contributed by atoms with van der Waals surface area (Å²) in [5.41, 5.74) is 3.06. The molecule has 3 heterocycles. The van der Waals surface area contributed by atoms with E-state index in [9.17, 15) is 9.59 Å². The SMILES string of the molecule is CCc1cccc2c(/C=C3\SC(=S)N(CC)C3=O)cn(CC(=O)NCc3ccco3)c12. The summed E-state index contributed by atoms with van der Waals surface area (Å²) in [5.74, 6) is 0.530. The van der Waals surface area contributed by atoms with Crippen molar-refractivity contribution < 1.29 is 14.0 Å². The highest BCUT2D eigenvalue weighted by atomic mass is 32.2. The number of furan rings is 1. The lowest BCUT2D eigenvalue weighted by Gasteiger charge is -2.09. The van der Waals surface area contributed by atoms with Gasteiger partial charge in [0.15, 0.2) is 0 Å². The summed E-state index contributed by atoms with van der Waals surface area (Å²) in [7, 11) is 0. The first-order valence-corrected chi connectivity index (χ1v) is 11.4. The van der Waals surface area contributed by atoms with Crippen LogP contribution in [0.4, 0.5) is 0 Å². The third-order valence-electron chi connectivity index (χ3n) is 5.22. The first kappa shape index (κ1) is 21.4. The minimum Gasteiger partial charge on any atom is -0.467 e. The smallest absolute Gasteiger partial charge is 0.266 e. The Morgan fingerprint density at radius 2 is 2.10 bits per heavy atom. The van der Waals surface area contributed by atoms with E-state index in [4.69, 9.17) is 16.6 Å². The van der Waals surface area contributed by atoms with Crippen LogP contribution >= 0.6 is 24.0 Å². The fourth-order valence-corrected chi connectivity index (χ4v) is 5.09. The third kappa shape index (κ3) is 4.31. The largest absolute Gasteiger partial charge is 0.467 e. The fraction of sp³-hybridized carbons (Fsp3) is 0.261. The van der Waals surface area contributed by atoms with E-state index >= 15 is 0 Å². The van der Waals surface area contributed by atoms with E-state index in [0.717, 1.165) is 28.5 Å². The van der Waals surface area contributed by atoms with Crippen LogP contribution in [0, 0.1) is 0 Å². The molecule has 3 aromatic rings. The molecule has 2 amide bonds. The fourth-order valence-electron chi connectivity index (χ4n) is 3.71. The molecule has 6 nitrogen and oxygen atoms in total. The van der Waals surface area contributed by atoms with Gasteiger partial charge in [-0.2, -0.15) is 0 Å². The minimum absolute atomic E-state index is 0.0683. The number of carbonyl (C=O) groups is 2. The Labute approximate surface area is 190 Å². The summed E-state index contributed by atoms with van der Waals surface area (Å²) in [4.78, 5) is 27.5. The minimum atomic E-state index is -0.108. The number of rotatable bonds is 7. The molecular weight excluding hydrogens is 430 g/mol. The van der Waals surface area contributed by atoms with Crippen LogP contribution in [0.25, 0.3) is 17.0 Å². The Morgan fingerprint density at radius 1 is 1.26 bits per heavy atom. The zero-order valence-corrected chi connectivity index (χ0v) is 19.0. The molecule has 4 rings (SSSR count). The maximum atomic E-state index is 12.7. The van der Waals surface area contributed by atoms with Crippen molar-refractivity contribution in [3.8, 4) is 0 Å². The van der Waals surface area contributed by atoms with Crippen molar-refractivity contribution in [3.05, 3.63) is 64.6 Å². The van der Waals surface area contributed by atoms with Crippen molar-refractivity contribution in [2.24, 2.45) is 0 Å². The van der Waals surface area contributed by atoms with Gasteiger partial charge in [0.1, 0.15) is 16.6 Å². The highest BCUT2D eigenvalue weighted by Gasteiger charge is 2.31. The number of hydrogen-bond acceptors (Lipinski definition) is 5. The number of fused-ring (bicyclic) bond motifs is 1.